The molecular formula is C27H29F2N3O3PS-. The Morgan fingerprint density at radius 2 is 1.51 bits per heavy atom. The van der Waals surface area contributed by atoms with Crippen molar-refractivity contribution in [3.8, 4) is 0 Å². The lowest BCUT2D eigenvalue weighted by atomic mass is 9.81. The highest BCUT2D eigenvalue weighted by Crippen LogP contribution is 2.66. The first-order chi connectivity index (χ1) is 17.8. The van der Waals surface area contributed by atoms with Gasteiger partial charge in [-0.1, -0.05) is 71.9 Å². The van der Waals surface area contributed by atoms with Crippen LogP contribution in [0.15, 0.2) is 78.9 Å². The van der Waals surface area contributed by atoms with Gasteiger partial charge in [0.15, 0.2) is 0 Å². The van der Waals surface area contributed by atoms with Gasteiger partial charge in [0.25, 0.3) is 0 Å². The van der Waals surface area contributed by atoms with Gasteiger partial charge >= 0.3 is 13.3 Å². The number of para-hydroxylation sites is 1. The number of alkyl halides is 2. The van der Waals surface area contributed by atoms with Crippen LogP contribution < -0.4 is 0 Å². The zero-order valence-corrected chi connectivity index (χ0v) is 22.4. The first-order valence-electron chi connectivity index (χ1n) is 12.1. The molecular weight excluding hydrogens is 515 g/mol. The lowest BCUT2D eigenvalue weighted by Gasteiger charge is -2.37. The van der Waals surface area contributed by atoms with Crippen molar-refractivity contribution in [2.45, 2.75) is 37.9 Å². The fourth-order valence-electron chi connectivity index (χ4n) is 4.60. The van der Waals surface area contributed by atoms with Gasteiger partial charge in [-0.05, 0) is 43.5 Å². The molecule has 196 valence electrons. The van der Waals surface area contributed by atoms with E-state index < -0.39 is 24.4 Å². The van der Waals surface area contributed by atoms with Crippen molar-refractivity contribution in [1.82, 2.24) is 15.0 Å². The van der Waals surface area contributed by atoms with Crippen molar-refractivity contribution < 1.29 is 22.4 Å². The fraction of sp³-hybridized carbons (Fsp3) is 0.333. The van der Waals surface area contributed by atoms with E-state index in [1.165, 1.54) is 26.0 Å². The van der Waals surface area contributed by atoms with Gasteiger partial charge in [-0.25, -0.2) is 4.68 Å². The molecule has 3 aromatic carbocycles. The normalized spacial score (nSPS) is 14.1. The van der Waals surface area contributed by atoms with E-state index in [2.05, 4.69) is 10.3 Å². The van der Waals surface area contributed by atoms with Crippen molar-refractivity contribution in [3.05, 3.63) is 95.6 Å². The van der Waals surface area contributed by atoms with Gasteiger partial charge < -0.3 is 21.7 Å². The van der Waals surface area contributed by atoms with E-state index in [-0.39, 0.29) is 13.2 Å². The highest BCUT2D eigenvalue weighted by Gasteiger charge is 2.54. The second-order valence-corrected chi connectivity index (χ2v) is 11.1. The molecule has 0 spiro atoms. The van der Waals surface area contributed by atoms with Crippen molar-refractivity contribution in [3.63, 3.8) is 0 Å². The summed E-state index contributed by atoms with van der Waals surface area (Å²) < 4.78 is 55.2. The maximum atomic E-state index is 15.3. The van der Waals surface area contributed by atoms with Crippen LogP contribution in [0, 0.1) is 0 Å². The Morgan fingerprint density at radius 1 is 0.892 bits per heavy atom. The van der Waals surface area contributed by atoms with Crippen LogP contribution in [0.2, 0.25) is 0 Å². The van der Waals surface area contributed by atoms with Crippen LogP contribution in [-0.4, -0.2) is 34.0 Å². The van der Waals surface area contributed by atoms with Gasteiger partial charge in [-0.15, -0.1) is 5.10 Å². The summed E-state index contributed by atoms with van der Waals surface area (Å²) in [5.41, 5.74) is -1.54. The maximum Gasteiger partial charge on any atom is 0.404 e. The molecule has 0 aliphatic heterocycles. The summed E-state index contributed by atoms with van der Waals surface area (Å²) in [5, 5.41) is 8.88. The Bertz CT molecular complexity index is 1360. The Kier molecular flexibility index (Phi) is 8.49. The summed E-state index contributed by atoms with van der Waals surface area (Å²) >= 11 is 5.45. The van der Waals surface area contributed by atoms with Gasteiger partial charge in [0.05, 0.1) is 24.3 Å². The van der Waals surface area contributed by atoms with Crippen LogP contribution in [0.4, 0.5) is 8.78 Å². The summed E-state index contributed by atoms with van der Waals surface area (Å²) in [7, 11) is -4.70. The molecule has 0 aliphatic carbocycles. The van der Waals surface area contributed by atoms with Crippen LogP contribution in [-0.2, 0) is 43.9 Å². The SMILES string of the molecule is CCOP(=O)(OCC)C(F)(F)c1ccc(CC(CC[S-])(c2ccccc2)n2nnc3ccccc32)cc1. The number of benzene rings is 3. The fourth-order valence-corrected chi connectivity index (χ4v) is 6.48. The lowest BCUT2D eigenvalue weighted by molar-refractivity contribution is 0.0360. The molecule has 4 rings (SSSR count). The molecule has 0 radical (unpaired) electrons. The van der Waals surface area contributed by atoms with E-state index >= 15 is 8.78 Å². The summed E-state index contributed by atoms with van der Waals surface area (Å²) in [6, 6.07) is 23.4. The van der Waals surface area contributed by atoms with Crippen LogP contribution in [0.1, 0.15) is 37.0 Å². The van der Waals surface area contributed by atoms with E-state index in [4.69, 9.17) is 21.7 Å². The number of nitrogens with zero attached hydrogens (tertiary/aromatic N) is 3. The van der Waals surface area contributed by atoms with E-state index in [0.717, 1.165) is 22.2 Å². The number of hydrogen-bond acceptors (Lipinski definition) is 6. The van der Waals surface area contributed by atoms with Gasteiger partial charge in [0.2, 0.25) is 0 Å². The molecule has 10 heteroatoms. The van der Waals surface area contributed by atoms with Crippen LogP contribution in [0.3, 0.4) is 0 Å². The smallest absolute Gasteiger partial charge is 0.404 e. The van der Waals surface area contributed by atoms with E-state index in [1.54, 1.807) is 12.1 Å². The molecule has 0 N–H and O–H groups in total. The zero-order chi connectivity index (χ0) is 26.5. The number of fused-ring (bicyclic) bond motifs is 1. The first-order valence-corrected chi connectivity index (χ1v) is 14.2. The Hall–Kier alpha value is -2.58. The predicted molar refractivity (Wildman–Crippen MR) is 143 cm³/mol. The van der Waals surface area contributed by atoms with E-state index in [1.807, 2.05) is 59.3 Å². The first kappa shape index (κ1) is 27.5. The number of hydrogen-bond donors (Lipinski definition) is 0. The monoisotopic (exact) mass is 544 g/mol. The predicted octanol–water partition coefficient (Wildman–Crippen LogP) is 6.67. The molecule has 1 aromatic heterocycles. The maximum absolute atomic E-state index is 15.3. The third-order valence-electron chi connectivity index (χ3n) is 6.32. The molecule has 1 heterocycles. The van der Waals surface area contributed by atoms with Crippen molar-refractivity contribution in [2.75, 3.05) is 19.0 Å². The average molecular weight is 545 g/mol. The minimum Gasteiger partial charge on any atom is -0.792 e. The van der Waals surface area contributed by atoms with Crippen molar-refractivity contribution in [1.29, 1.82) is 0 Å². The highest BCUT2D eigenvalue weighted by atomic mass is 32.1. The van der Waals surface area contributed by atoms with Crippen molar-refractivity contribution in [2.24, 2.45) is 0 Å². The largest absolute Gasteiger partial charge is 0.792 e. The summed E-state index contributed by atoms with van der Waals surface area (Å²) in [5.74, 6) is 0.450. The summed E-state index contributed by atoms with van der Waals surface area (Å²) in [6.07, 6.45) is 1.00. The molecule has 6 nitrogen and oxygen atoms in total. The minimum atomic E-state index is -4.70. The molecule has 0 saturated heterocycles. The van der Waals surface area contributed by atoms with E-state index in [0.29, 0.717) is 18.6 Å². The van der Waals surface area contributed by atoms with Crippen molar-refractivity contribution >= 4 is 31.3 Å². The third-order valence-corrected chi connectivity index (χ3v) is 8.67. The molecule has 0 bridgehead atoms. The second-order valence-electron chi connectivity index (χ2n) is 8.59. The molecule has 0 saturated carbocycles. The molecule has 0 aliphatic rings. The summed E-state index contributed by atoms with van der Waals surface area (Å²) in [4.78, 5) is 0. The van der Waals surface area contributed by atoms with Crippen LogP contribution >= 0.6 is 7.60 Å². The molecule has 1 unspecified atom stereocenters. The Balaban J connectivity index is 1.78. The number of aromatic nitrogens is 3. The lowest BCUT2D eigenvalue weighted by Crippen LogP contribution is -2.39. The van der Waals surface area contributed by atoms with Gasteiger partial charge in [-0.3, -0.25) is 4.57 Å². The van der Waals surface area contributed by atoms with Crippen LogP contribution in [0.5, 0.6) is 0 Å². The average Bonchev–Trinajstić information content (AvgIpc) is 3.34. The minimum absolute atomic E-state index is 0.155. The number of rotatable bonds is 12. The molecule has 0 amide bonds. The van der Waals surface area contributed by atoms with Gasteiger partial charge in [0, 0.05) is 12.0 Å². The van der Waals surface area contributed by atoms with Crippen LogP contribution in [0.25, 0.3) is 11.0 Å². The third kappa shape index (κ3) is 5.23. The molecule has 37 heavy (non-hydrogen) atoms. The standard InChI is InChI=1S/C27H30F2N3O3PS/c1-3-34-36(33,35-4-2)27(28,29)23-16-14-21(15-17-23)20-26(18-19-37,22-10-6-5-7-11-22)32-25-13-9-8-12-24(25)30-31-32/h5-17,37H,3-4,18-20H2,1-2H3/p-1. The van der Waals surface area contributed by atoms with Gasteiger partial charge in [-0.2, -0.15) is 14.5 Å². The topological polar surface area (TPSA) is 66.2 Å². The Labute approximate surface area is 220 Å². The number of halogens is 2. The molecule has 0 fully saturated rings. The van der Waals surface area contributed by atoms with Gasteiger partial charge in [0.1, 0.15) is 5.52 Å². The quantitative estimate of drug-likeness (QED) is 0.147. The van der Waals surface area contributed by atoms with E-state index in [9.17, 15) is 4.57 Å². The zero-order valence-electron chi connectivity index (χ0n) is 20.7. The Morgan fingerprint density at radius 3 is 2.14 bits per heavy atom. The summed E-state index contributed by atoms with van der Waals surface area (Å²) in [6.45, 7) is 2.69. The second kappa shape index (κ2) is 11.4. The molecule has 4 aromatic rings. The highest BCUT2D eigenvalue weighted by molar-refractivity contribution is 7.58. The molecule has 1 atom stereocenters.